The van der Waals surface area contributed by atoms with Crippen LogP contribution in [0.2, 0.25) is 0 Å². The SMILES string of the molecule is C=C(/C=C\c1cc/c(=C/C=C(\C)c2ccc(CCC)c(-c3c(C)cccc3-c3ccccc3C#N)c2)c(=C)c1C)c1ccccc1. The van der Waals surface area contributed by atoms with E-state index in [0.717, 1.165) is 56.7 Å². The zero-order valence-electron chi connectivity index (χ0n) is 27.4. The van der Waals surface area contributed by atoms with Crippen LogP contribution in [0.4, 0.5) is 0 Å². The number of benzene rings is 5. The van der Waals surface area contributed by atoms with Crippen molar-refractivity contribution in [3.05, 3.63) is 171 Å². The molecule has 0 atom stereocenters. The Bertz CT molecular complexity index is 2120. The number of nitriles is 1. The summed E-state index contributed by atoms with van der Waals surface area (Å²) < 4.78 is 0. The first-order valence-corrected chi connectivity index (χ1v) is 15.9. The molecule has 0 saturated carbocycles. The van der Waals surface area contributed by atoms with Crippen LogP contribution in [0.5, 0.6) is 0 Å². The smallest absolute Gasteiger partial charge is 0.0998 e. The molecule has 0 unspecified atom stereocenters. The van der Waals surface area contributed by atoms with Crippen LogP contribution < -0.4 is 10.4 Å². The fourth-order valence-electron chi connectivity index (χ4n) is 5.99. The molecule has 0 saturated heterocycles. The number of allylic oxidation sites excluding steroid dienone is 4. The van der Waals surface area contributed by atoms with Gasteiger partial charge in [-0.3, -0.25) is 0 Å². The Kier molecular flexibility index (Phi) is 10.1. The quantitative estimate of drug-likeness (QED) is 0.156. The van der Waals surface area contributed by atoms with Gasteiger partial charge in [-0.05, 0) is 111 Å². The molecule has 0 radical (unpaired) electrons. The second-order valence-electron chi connectivity index (χ2n) is 11.9. The number of hydrogen-bond acceptors (Lipinski definition) is 1. The van der Waals surface area contributed by atoms with Gasteiger partial charge in [0.25, 0.3) is 0 Å². The first-order chi connectivity index (χ1) is 22.3. The summed E-state index contributed by atoms with van der Waals surface area (Å²) in [5.74, 6) is 0. The molecular formula is C45H41N. The van der Waals surface area contributed by atoms with Gasteiger partial charge in [0.2, 0.25) is 0 Å². The summed E-state index contributed by atoms with van der Waals surface area (Å²) >= 11 is 0. The van der Waals surface area contributed by atoms with Crippen molar-refractivity contribution in [2.75, 3.05) is 0 Å². The van der Waals surface area contributed by atoms with Crippen LogP contribution in [0, 0.1) is 25.2 Å². The molecule has 0 aliphatic rings. The van der Waals surface area contributed by atoms with E-state index in [1.54, 1.807) is 0 Å². The second kappa shape index (κ2) is 14.6. The largest absolute Gasteiger partial charge is 0.192 e. The van der Waals surface area contributed by atoms with Gasteiger partial charge in [-0.2, -0.15) is 5.26 Å². The van der Waals surface area contributed by atoms with Crippen LogP contribution >= 0.6 is 0 Å². The van der Waals surface area contributed by atoms with E-state index in [4.69, 9.17) is 0 Å². The molecule has 0 amide bonds. The molecule has 5 rings (SSSR count). The standard InChI is InChI=1S/C45H41N/c1-7-14-39-27-28-40(29-44(39)45-33(4)15-13-20-43(45)42-19-12-11-18-41(42)30-46)32(3)22-24-38-26-25-37(34(5)35(38)6)23-21-31(2)36-16-9-8-10-17-36/h8-13,15-29H,2,6-7,14H2,1,3-5H3/b23-21-,32-22+,38-24-. The maximum absolute atomic E-state index is 9.89. The third-order valence-electron chi connectivity index (χ3n) is 8.76. The monoisotopic (exact) mass is 595 g/mol. The Labute approximate surface area is 274 Å². The van der Waals surface area contributed by atoms with Crippen molar-refractivity contribution in [2.24, 2.45) is 0 Å². The van der Waals surface area contributed by atoms with Crippen LogP contribution in [0.1, 0.15) is 59.2 Å². The number of hydrogen-bond donors (Lipinski definition) is 0. The molecule has 0 aliphatic carbocycles. The fourth-order valence-corrected chi connectivity index (χ4v) is 5.99. The molecule has 0 aromatic heterocycles. The Morgan fingerprint density at radius 1 is 0.804 bits per heavy atom. The molecule has 0 N–H and O–H groups in total. The Balaban J connectivity index is 1.52. The summed E-state index contributed by atoms with van der Waals surface area (Å²) in [7, 11) is 0. The average Bonchev–Trinajstić information content (AvgIpc) is 3.08. The van der Waals surface area contributed by atoms with Gasteiger partial charge in [-0.15, -0.1) is 0 Å². The minimum absolute atomic E-state index is 0.690. The van der Waals surface area contributed by atoms with E-state index < -0.39 is 0 Å². The molecule has 5 aromatic carbocycles. The van der Waals surface area contributed by atoms with E-state index in [2.05, 4.69) is 138 Å². The Hall–Kier alpha value is -5.45. The van der Waals surface area contributed by atoms with Crippen LogP contribution in [-0.4, -0.2) is 0 Å². The van der Waals surface area contributed by atoms with Gasteiger partial charge < -0.3 is 0 Å². The minimum atomic E-state index is 0.690. The highest BCUT2D eigenvalue weighted by atomic mass is 14.3. The molecule has 226 valence electrons. The van der Waals surface area contributed by atoms with Gasteiger partial charge in [0.1, 0.15) is 0 Å². The number of rotatable bonds is 9. The lowest BCUT2D eigenvalue weighted by Crippen LogP contribution is -2.26. The van der Waals surface area contributed by atoms with Crippen molar-refractivity contribution in [1.82, 2.24) is 0 Å². The highest BCUT2D eigenvalue weighted by Gasteiger charge is 2.16. The lowest BCUT2D eigenvalue weighted by Gasteiger charge is -2.19. The predicted octanol–water partition coefficient (Wildman–Crippen LogP) is 10.5. The van der Waals surface area contributed by atoms with E-state index in [0.29, 0.717) is 5.56 Å². The molecule has 46 heavy (non-hydrogen) atoms. The maximum Gasteiger partial charge on any atom is 0.0998 e. The summed E-state index contributed by atoms with van der Waals surface area (Å²) in [5.41, 5.74) is 14.5. The lowest BCUT2D eigenvalue weighted by molar-refractivity contribution is 0.923. The van der Waals surface area contributed by atoms with Gasteiger partial charge in [0.15, 0.2) is 0 Å². The summed E-state index contributed by atoms with van der Waals surface area (Å²) in [6, 6.07) is 38.1. The lowest BCUT2D eigenvalue weighted by atomic mass is 9.85. The molecular weight excluding hydrogens is 555 g/mol. The van der Waals surface area contributed by atoms with Crippen molar-refractivity contribution in [2.45, 2.75) is 40.5 Å². The highest BCUT2D eigenvalue weighted by Crippen LogP contribution is 2.39. The van der Waals surface area contributed by atoms with Crippen molar-refractivity contribution in [3.63, 3.8) is 0 Å². The van der Waals surface area contributed by atoms with Gasteiger partial charge in [-0.1, -0.05) is 142 Å². The van der Waals surface area contributed by atoms with Crippen LogP contribution in [-0.2, 0) is 6.42 Å². The average molecular weight is 596 g/mol. The van der Waals surface area contributed by atoms with Crippen molar-refractivity contribution in [3.8, 4) is 28.3 Å². The van der Waals surface area contributed by atoms with Gasteiger partial charge in [0.05, 0.1) is 11.6 Å². The summed E-state index contributed by atoms with van der Waals surface area (Å²) in [4.78, 5) is 0. The number of aryl methyl sites for hydroxylation is 2. The Morgan fingerprint density at radius 2 is 1.54 bits per heavy atom. The summed E-state index contributed by atoms with van der Waals surface area (Å²) in [6.45, 7) is 17.3. The van der Waals surface area contributed by atoms with Crippen LogP contribution in [0.25, 0.3) is 52.1 Å². The topological polar surface area (TPSA) is 23.8 Å². The molecule has 1 heteroatoms. The normalized spacial score (nSPS) is 12.0. The number of nitrogens with zero attached hydrogens (tertiary/aromatic N) is 1. The molecule has 0 bridgehead atoms. The maximum atomic E-state index is 9.89. The molecule has 0 heterocycles. The molecule has 1 nitrogen and oxygen atoms in total. The molecule has 0 aliphatic heterocycles. The zero-order valence-corrected chi connectivity index (χ0v) is 27.4. The van der Waals surface area contributed by atoms with Gasteiger partial charge in [-0.25, -0.2) is 0 Å². The summed E-state index contributed by atoms with van der Waals surface area (Å²) in [5, 5.41) is 12.0. The van der Waals surface area contributed by atoms with Crippen LogP contribution in [0.3, 0.4) is 0 Å². The van der Waals surface area contributed by atoms with E-state index in [-0.39, 0.29) is 0 Å². The molecule has 5 aromatic rings. The second-order valence-corrected chi connectivity index (χ2v) is 11.9. The van der Waals surface area contributed by atoms with E-state index >= 15 is 0 Å². The van der Waals surface area contributed by atoms with Crippen LogP contribution in [0.15, 0.2) is 122 Å². The van der Waals surface area contributed by atoms with Crippen molar-refractivity contribution >= 4 is 29.9 Å². The molecule has 0 spiro atoms. The molecule has 0 fully saturated rings. The van der Waals surface area contributed by atoms with E-state index in [1.807, 2.05) is 36.4 Å². The van der Waals surface area contributed by atoms with Gasteiger partial charge in [0, 0.05) is 5.56 Å². The summed E-state index contributed by atoms with van der Waals surface area (Å²) in [6.07, 6.45) is 10.6. The highest BCUT2D eigenvalue weighted by molar-refractivity contribution is 5.90. The Morgan fingerprint density at radius 3 is 2.30 bits per heavy atom. The third-order valence-corrected chi connectivity index (χ3v) is 8.76. The fraction of sp³-hybridized carbons (Fsp3) is 0.133. The van der Waals surface area contributed by atoms with Crippen molar-refractivity contribution in [1.29, 1.82) is 5.26 Å². The third kappa shape index (κ3) is 6.93. The van der Waals surface area contributed by atoms with E-state index in [9.17, 15) is 5.26 Å². The zero-order chi connectivity index (χ0) is 32.6. The van der Waals surface area contributed by atoms with Crippen molar-refractivity contribution < 1.29 is 0 Å². The first kappa shape index (κ1) is 32.0. The van der Waals surface area contributed by atoms with Gasteiger partial charge >= 0.3 is 0 Å². The minimum Gasteiger partial charge on any atom is -0.192 e. The van der Waals surface area contributed by atoms with E-state index in [1.165, 1.54) is 33.4 Å². The first-order valence-electron chi connectivity index (χ1n) is 15.9. The predicted molar refractivity (Wildman–Crippen MR) is 199 cm³/mol.